The third-order valence-electron chi connectivity index (χ3n) is 6.43. The van der Waals surface area contributed by atoms with Gasteiger partial charge in [-0.05, 0) is 18.9 Å². The summed E-state index contributed by atoms with van der Waals surface area (Å²) in [6.07, 6.45) is 5.54. The summed E-state index contributed by atoms with van der Waals surface area (Å²) in [5.41, 5.74) is 8.18. The summed E-state index contributed by atoms with van der Waals surface area (Å²) in [5, 5.41) is 18.1. The molecule has 4 aromatic rings. The minimum atomic E-state index is -0.903. The van der Waals surface area contributed by atoms with Gasteiger partial charge in [0, 0.05) is 49.1 Å². The topological polar surface area (TPSA) is 164 Å². The Morgan fingerprint density at radius 3 is 2.42 bits per heavy atom. The highest BCUT2D eigenvalue weighted by Crippen LogP contribution is 2.28. The summed E-state index contributed by atoms with van der Waals surface area (Å²) in [6, 6.07) is 8.04. The van der Waals surface area contributed by atoms with Gasteiger partial charge in [0.1, 0.15) is 22.9 Å². The van der Waals surface area contributed by atoms with Gasteiger partial charge in [0.2, 0.25) is 0 Å². The fourth-order valence-corrected chi connectivity index (χ4v) is 4.35. The molecule has 4 heterocycles. The number of hydrogen-bond donors (Lipinski definition) is 2. The van der Waals surface area contributed by atoms with Crippen LogP contribution < -0.4 is 20.8 Å². The second-order valence-corrected chi connectivity index (χ2v) is 8.74. The molecule has 13 heteroatoms. The molecule has 0 atom stereocenters. The van der Waals surface area contributed by atoms with E-state index in [2.05, 4.69) is 20.2 Å². The van der Waals surface area contributed by atoms with Gasteiger partial charge in [0.25, 0.3) is 5.56 Å². The van der Waals surface area contributed by atoms with E-state index in [9.17, 15) is 14.7 Å². The first-order valence-electron chi connectivity index (χ1n) is 11.9. The van der Waals surface area contributed by atoms with Crippen LogP contribution in [-0.2, 0) is 0 Å². The average Bonchev–Trinajstić information content (AvgIpc) is 3.44. The molecule has 0 spiro atoms. The van der Waals surface area contributed by atoms with Gasteiger partial charge < -0.3 is 25.2 Å². The van der Waals surface area contributed by atoms with Crippen LogP contribution in [0.3, 0.4) is 0 Å². The molecule has 0 radical (unpaired) electrons. The quantitative estimate of drug-likeness (QED) is 0.387. The number of benzene rings is 1. The molecule has 1 aromatic carbocycles. The molecule has 13 nitrogen and oxygen atoms in total. The lowest BCUT2D eigenvalue weighted by molar-refractivity contribution is 0.124. The molecule has 1 amide bonds. The molecule has 0 unspecified atom stereocenters. The third kappa shape index (κ3) is 4.85. The molecule has 196 valence electrons. The van der Waals surface area contributed by atoms with Gasteiger partial charge in [0.05, 0.1) is 44.0 Å². The molecule has 3 aromatic heterocycles. The van der Waals surface area contributed by atoms with E-state index in [0.29, 0.717) is 60.2 Å². The zero-order valence-corrected chi connectivity index (χ0v) is 20.8. The molecule has 0 aliphatic carbocycles. The van der Waals surface area contributed by atoms with Crippen LogP contribution in [0, 0.1) is 0 Å². The largest absolute Gasteiger partial charge is 0.497 e. The molecule has 1 fully saturated rings. The zero-order valence-electron chi connectivity index (χ0n) is 20.8. The highest BCUT2D eigenvalue weighted by Gasteiger charge is 2.24. The van der Waals surface area contributed by atoms with Crippen LogP contribution in [0.2, 0.25) is 0 Å². The van der Waals surface area contributed by atoms with Crippen molar-refractivity contribution in [2.24, 2.45) is 0 Å². The Bertz CT molecular complexity index is 1520. The van der Waals surface area contributed by atoms with E-state index in [-0.39, 0.29) is 17.4 Å². The number of nitrogens with zero attached hydrogens (tertiary/aromatic N) is 7. The molecule has 3 N–H and O–H groups in total. The molecule has 0 bridgehead atoms. The molecule has 38 heavy (non-hydrogen) atoms. The Kier molecular flexibility index (Phi) is 6.64. The fraction of sp³-hybridized carbons (Fsp3) is 0.280. The second kappa shape index (κ2) is 10.2. The molecule has 1 aliphatic heterocycles. The van der Waals surface area contributed by atoms with Crippen LogP contribution in [0.4, 0.5) is 10.6 Å². The van der Waals surface area contributed by atoms with Crippen LogP contribution in [0.1, 0.15) is 18.9 Å². The Hall–Kier alpha value is -4.94. The van der Waals surface area contributed by atoms with Crippen LogP contribution in [0.5, 0.6) is 11.5 Å². The average molecular weight is 519 g/mol. The Balaban J connectivity index is 1.46. The van der Waals surface area contributed by atoms with Crippen LogP contribution >= 0.6 is 0 Å². The van der Waals surface area contributed by atoms with Crippen molar-refractivity contribution in [3.63, 3.8) is 0 Å². The number of amides is 1. The van der Waals surface area contributed by atoms with Gasteiger partial charge in [-0.25, -0.2) is 14.8 Å². The lowest BCUT2D eigenvalue weighted by atomic mass is 10.1. The van der Waals surface area contributed by atoms with Crippen LogP contribution in [0.25, 0.3) is 28.3 Å². The predicted molar refractivity (Wildman–Crippen MR) is 137 cm³/mol. The number of nitrogens with two attached hydrogens (primary N) is 1. The maximum atomic E-state index is 12.7. The number of carbonyl (C=O) groups is 1. The van der Waals surface area contributed by atoms with Gasteiger partial charge in [-0.3, -0.25) is 9.48 Å². The van der Waals surface area contributed by atoms with E-state index in [1.165, 1.54) is 29.9 Å². The number of piperidine rings is 1. The summed E-state index contributed by atoms with van der Waals surface area (Å²) in [7, 11) is 3.04. The van der Waals surface area contributed by atoms with Crippen molar-refractivity contribution >= 4 is 11.9 Å². The number of carboxylic acid groups (broad SMARTS) is 1. The Labute approximate surface area is 217 Å². The SMILES string of the molecule is COc1cc(OC)cc(-n2nc(-c3nc(-c4cnn(C5CCN(C(=O)O)CC5)c4)cnc3N)ccc2=O)c1. The van der Waals surface area contributed by atoms with Crippen molar-refractivity contribution in [2.75, 3.05) is 33.0 Å². The third-order valence-corrected chi connectivity index (χ3v) is 6.43. The molecule has 0 saturated carbocycles. The Morgan fingerprint density at radius 2 is 1.76 bits per heavy atom. The standard InChI is InChI=1S/C25H26N8O5/c1-37-18-9-17(10-19(11-18)38-2)33-22(34)4-3-20(30-33)23-24(26)27-13-21(29-23)15-12-28-32(14-15)16-5-7-31(8-6-16)25(35)36/h3-4,9-14,16H,5-8H2,1-2H3,(H2,26,27)(H,35,36). The van der Waals surface area contributed by atoms with E-state index in [1.54, 1.807) is 36.7 Å². The minimum Gasteiger partial charge on any atom is -0.497 e. The smallest absolute Gasteiger partial charge is 0.407 e. The number of nitrogen functional groups attached to an aromatic ring is 1. The summed E-state index contributed by atoms with van der Waals surface area (Å²) < 4.78 is 13.7. The highest BCUT2D eigenvalue weighted by molar-refractivity contribution is 5.70. The number of likely N-dealkylation sites (tertiary alicyclic amines) is 1. The van der Waals surface area contributed by atoms with E-state index in [1.807, 2.05) is 10.9 Å². The van der Waals surface area contributed by atoms with E-state index < -0.39 is 6.09 Å². The maximum Gasteiger partial charge on any atom is 0.407 e. The van der Waals surface area contributed by atoms with Gasteiger partial charge in [-0.2, -0.15) is 14.9 Å². The van der Waals surface area contributed by atoms with E-state index in [4.69, 9.17) is 15.2 Å². The van der Waals surface area contributed by atoms with Crippen molar-refractivity contribution in [1.29, 1.82) is 0 Å². The van der Waals surface area contributed by atoms with E-state index in [0.717, 1.165) is 5.56 Å². The number of methoxy groups -OCH3 is 2. The number of anilines is 1. The van der Waals surface area contributed by atoms with Crippen molar-refractivity contribution in [2.45, 2.75) is 18.9 Å². The first kappa shape index (κ1) is 24.7. The molecule has 1 saturated heterocycles. The Morgan fingerprint density at radius 1 is 1.05 bits per heavy atom. The van der Waals surface area contributed by atoms with Gasteiger partial charge in [0.15, 0.2) is 5.82 Å². The minimum absolute atomic E-state index is 0.0886. The fourth-order valence-electron chi connectivity index (χ4n) is 4.35. The van der Waals surface area contributed by atoms with E-state index >= 15 is 0 Å². The van der Waals surface area contributed by atoms with Crippen LogP contribution in [-0.4, -0.2) is 72.9 Å². The monoisotopic (exact) mass is 518 g/mol. The van der Waals surface area contributed by atoms with Crippen molar-refractivity contribution < 1.29 is 19.4 Å². The van der Waals surface area contributed by atoms with Crippen molar-refractivity contribution in [3.05, 3.63) is 59.3 Å². The maximum absolute atomic E-state index is 12.7. The highest BCUT2D eigenvalue weighted by atomic mass is 16.5. The molecular formula is C25H26N8O5. The number of hydrogen-bond acceptors (Lipinski definition) is 9. The van der Waals surface area contributed by atoms with Crippen LogP contribution in [0.15, 0.2) is 53.7 Å². The summed E-state index contributed by atoms with van der Waals surface area (Å²) in [6.45, 7) is 0.920. The summed E-state index contributed by atoms with van der Waals surface area (Å²) in [4.78, 5) is 34.3. The van der Waals surface area contributed by atoms with Gasteiger partial charge in [-0.15, -0.1) is 0 Å². The van der Waals surface area contributed by atoms with Crippen molar-refractivity contribution in [3.8, 4) is 39.8 Å². The molecular weight excluding hydrogens is 492 g/mol. The second-order valence-electron chi connectivity index (χ2n) is 8.74. The first-order chi connectivity index (χ1) is 18.4. The predicted octanol–water partition coefficient (Wildman–Crippen LogP) is 2.47. The molecule has 1 aliphatic rings. The zero-order chi connectivity index (χ0) is 26.8. The van der Waals surface area contributed by atoms with Gasteiger partial charge >= 0.3 is 6.09 Å². The number of aromatic nitrogens is 6. The molecule has 5 rings (SSSR count). The number of rotatable bonds is 6. The summed E-state index contributed by atoms with van der Waals surface area (Å²) >= 11 is 0. The first-order valence-corrected chi connectivity index (χ1v) is 11.9. The number of ether oxygens (including phenoxy) is 2. The van der Waals surface area contributed by atoms with Crippen molar-refractivity contribution in [1.82, 2.24) is 34.4 Å². The normalized spacial score (nSPS) is 13.9. The van der Waals surface area contributed by atoms with Gasteiger partial charge in [-0.1, -0.05) is 0 Å². The lowest BCUT2D eigenvalue weighted by Crippen LogP contribution is -2.38. The lowest BCUT2D eigenvalue weighted by Gasteiger charge is -2.29. The summed E-state index contributed by atoms with van der Waals surface area (Å²) in [5.74, 6) is 1.17.